The minimum Gasteiger partial charge on any atom is -0.391 e. The Morgan fingerprint density at radius 2 is 2.21 bits per heavy atom. The van der Waals surface area contributed by atoms with E-state index in [0.29, 0.717) is 0 Å². The van der Waals surface area contributed by atoms with Crippen molar-refractivity contribution >= 4 is 11.8 Å². The van der Waals surface area contributed by atoms with E-state index in [-0.39, 0.29) is 29.7 Å². The number of carbonyl (C=O) groups is 2. The van der Waals surface area contributed by atoms with E-state index in [1.807, 2.05) is 0 Å². The van der Waals surface area contributed by atoms with Crippen LogP contribution in [0.5, 0.6) is 0 Å². The highest BCUT2D eigenvalue weighted by atomic mass is 16.3. The summed E-state index contributed by atoms with van der Waals surface area (Å²) < 4.78 is 0. The number of aliphatic hydroxyl groups is 1. The van der Waals surface area contributed by atoms with Crippen LogP contribution >= 0.6 is 0 Å². The van der Waals surface area contributed by atoms with Gasteiger partial charge in [-0.1, -0.05) is 0 Å². The summed E-state index contributed by atoms with van der Waals surface area (Å²) in [5, 5.41) is 12.6. The summed E-state index contributed by atoms with van der Waals surface area (Å²) in [6.07, 6.45) is 0.170. The van der Waals surface area contributed by atoms with Gasteiger partial charge in [-0.2, -0.15) is 0 Å². The fourth-order valence-electron chi connectivity index (χ4n) is 3.58. The number of carbonyl (C=O) groups excluding carboxylic acids is 2. The fraction of sp³-hybridized carbons (Fsp3) is 0.778. The third-order valence-corrected chi connectivity index (χ3v) is 4.06. The first-order valence-corrected chi connectivity index (χ1v) is 4.89. The van der Waals surface area contributed by atoms with Crippen LogP contribution in [0.25, 0.3) is 0 Å². The van der Waals surface area contributed by atoms with Crippen LogP contribution in [0, 0.1) is 23.7 Å². The smallest absolute Gasteiger partial charge is 0.224 e. The molecular formula is C9H12N2O3. The zero-order chi connectivity index (χ0) is 10.0. The topological polar surface area (TPSA) is 92.4 Å². The molecule has 0 aromatic rings. The summed E-state index contributed by atoms with van der Waals surface area (Å²) in [7, 11) is 0. The summed E-state index contributed by atoms with van der Waals surface area (Å²) in [5.41, 5.74) is 5.26. The predicted molar refractivity (Wildman–Crippen MR) is 45.7 cm³/mol. The van der Waals surface area contributed by atoms with Crippen LogP contribution in [0.15, 0.2) is 0 Å². The number of nitrogens with one attached hydrogen (secondary N) is 1. The van der Waals surface area contributed by atoms with Crippen LogP contribution in [-0.2, 0) is 9.59 Å². The van der Waals surface area contributed by atoms with E-state index in [0.717, 1.165) is 6.42 Å². The van der Waals surface area contributed by atoms with Crippen molar-refractivity contribution in [2.45, 2.75) is 18.6 Å². The SMILES string of the molecule is NC(=O)[C@@H]1[C@H]2C[C@H]3[C@@H](NC(=O)[C@H]31)[C@H]2O. The number of hydrogen-bond donors (Lipinski definition) is 3. The van der Waals surface area contributed by atoms with Crippen LogP contribution < -0.4 is 11.1 Å². The number of hydrogen-bond acceptors (Lipinski definition) is 3. The normalized spacial score (nSPS) is 53.6. The molecule has 0 radical (unpaired) electrons. The molecule has 2 amide bonds. The lowest BCUT2D eigenvalue weighted by Gasteiger charge is -2.27. The standard InChI is InChI=1S/C9H12N2O3/c10-8(13)4-3-1-2-5(4)9(14)11-6(2)7(3)12/h2-7,12H,1H2,(H2,10,13)(H,11,14)/t2-,3-,4-,5-,6-,7+/m1/s1. The minimum atomic E-state index is -0.583. The third kappa shape index (κ3) is 0.706. The van der Waals surface area contributed by atoms with Gasteiger partial charge < -0.3 is 16.2 Å². The Kier molecular flexibility index (Phi) is 1.34. The number of amides is 2. The average Bonchev–Trinajstić information content (AvgIpc) is 2.67. The maximum absolute atomic E-state index is 11.5. The van der Waals surface area contributed by atoms with Gasteiger partial charge in [-0.25, -0.2) is 0 Å². The first kappa shape index (κ1) is 8.23. The van der Waals surface area contributed by atoms with E-state index in [1.54, 1.807) is 0 Å². The van der Waals surface area contributed by atoms with Crippen molar-refractivity contribution in [3.8, 4) is 0 Å². The highest BCUT2D eigenvalue weighted by Crippen LogP contribution is 2.55. The second kappa shape index (κ2) is 2.28. The summed E-state index contributed by atoms with van der Waals surface area (Å²) in [6, 6.07) is -0.131. The van der Waals surface area contributed by atoms with Gasteiger partial charge >= 0.3 is 0 Å². The highest BCUT2D eigenvalue weighted by molar-refractivity contribution is 5.91. The molecule has 14 heavy (non-hydrogen) atoms. The van der Waals surface area contributed by atoms with E-state index in [9.17, 15) is 14.7 Å². The maximum atomic E-state index is 11.5. The first-order valence-electron chi connectivity index (χ1n) is 4.89. The van der Waals surface area contributed by atoms with Crippen molar-refractivity contribution in [2.75, 3.05) is 0 Å². The van der Waals surface area contributed by atoms with Gasteiger partial charge in [-0.05, 0) is 18.3 Å². The Bertz CT molecular complexity index is 330. The third-order valence-electron chi connectivity index (χ3n) is 4.06. The number of fused-ring (bicyclic) bond motifs is 1. The van der Waals surface area contributed by atoms with E-state index in [4.69, 9.17) is 5.73 Å². The van der Waals surface area contributed by atoms with E-state index in [2.05, 4.69) is 5.32 Å². The van der Waals surface area contributed by atoms with Gasteiger partial charge in [-0.3, -0.25) is 9.59 Å². The second-order valence-electron chi connectivity index (χ2n) is 4.54. The molecule has 0 aromatic heterocycles. The largest absolute Gasteiger partial charge is 0.391 e. The molecule has 0 unspecified atom stereocenters. The Labute approximate surface area is 80.6 Å². The van der Waals surface area contributed by atoms with Gasteiger partial charge in [0.1, 0.15) is 0 Å². The lowest BCUT2D eigenvalue weighted by atomic mass is 9.78. The molecule has 3 rings (SSSR count). The molecule has 3 aliphatic rings. The molecule has 5 nitrogen and oxygen atoms in total. The molecule has 4 N–H and O–H groups in total. The van der Waals surface area contributed by atoms with E-state index in [1.165, 1.54) is 0 Å². The zero-order valence-electron chi connectivity index (χ0n) is 7.51. The van der Waals surface area contributed by atoms with Gasteiger partial charge in [0.15, 0.2) is 0 Å². The molecule has 1 saturated heterocycles. The fourth-order valence-corrected chi connectivity index (χ4v) is 3.58. The molecule has 6 atom stereocenters. The van der Waals surface area contributed by atoms with Gasteiger partial charge in [0.25, 0.3) is 0 Å². The van der Waals surface area contributed by atoms with Gasteiger partial charge in [0.2, 0.25) is 11.8 Å². The monoisotopic (exact) mass is 196 g/mol. The molecule has 2 bridgehead atoms. The number of aliphatic hydroxyl groups excluding tert-OH is 1. The van der Waals surface area contributed by atoms with Crippen molar-refractivity contribution in [1.82, 2.24) is 5.32 Å². The molecule has 1 aliphatic heterocycles. The van der Waals surface area contributed by atoms with Crippen molar-refractivity contribution in [3.05, 3.63) is 0 Å². The molecule has 2 aliphatic carbocycles. The zero-order valence-corrected chi connectivity index (χ0v) is 7.51. The molecule has 0 spiro atoms. The number of primary amides is 1. The van der Waals surface area contributed by atoms with Crippen LogP contribution in [0.2, 0.25) is 0 Å². The number of nitrogens with two attached hydrogens (primary N) is 1. The highest BCUT2D eigenvalue weighted by Gasteiger charge is 2.65. The van der Waals surface area contributed by atoms with Crippen molar-refractivity contribution in [2.24, 2.45) is 29.4 Å². The molecule has 0 aromatic carbocycles. The molecule has 2 saturated carbocycles. The second-order valence-corrected chi connectivity index (χ2v) is 4.54. The van der Waals surface area contributed by atoms with Crippen molar-refractivity contribution < 1.29 is 14.7 Å². The quantitative estimate of drug-likeness (QED) is 0.462. The predicted octanol–water partition coefficient (Wildman–Crippen LogP) is -1.79. The van der Waals surface area contributed by atoms with E-state index >= 15 is 0 Å². The Morgan fingerprint density at radius 3 is 2.86 bits per heavy atom. The molecule has 76 valence electrons. The molecule has 3 fully saturated rings. The maximum Gasteiger partial charge on any atom is 0.224 e. The van der Waals surface area contributed by atoms with Gasteiger partial charge in [0, 0.05) is 0 Å². The molecule has 5 heteroatoms. The lowest BCUT2D eigenvalue weighted by molar-refractivity contribution is -0.132. The Hall–Kier alpha value is -1.10. The lowest BCUT2D eigenvalue weighted by Crippen LogP contribution is -2.44. The Balaban J connectivity index is 2.04. The summed E-state index contributed by atoms with van der Waals surface area (Å²) in [6.45, 7) is 0. The average molecular weight is 196 g/mol. The van der Waals surface area contributed by atoms with Crippen molar-refractivity contribution in [3.63, 3.8) is 0 Å². The molecular weight excluding hydrogens is 184 g/mol. The van der Waals surface area contributed by atoms with E-state index < -0.39 is 17.9 Å². The summed E-state index contributed by atoms with van der Waals surface area (Å²) in [4.78, 5) is 22.7. The Morgan fingerprint density at radius 1 is 1.50 bits per heavy atom. The van der Waals surface area contributed by atoms with Gasteiger partial charge in [-0.15, -0.1) is 0 Å². The van der Waals surface area contributed by atoms with Crippen molar-refractivity contribution in [1.29, 1.82) is 0 Å². The van der Waals surface area contributed by atoms with Gasteiger partial charge in [0.05, 0.1) is 24.0 Å². The minimum absolute atomic E-state index is 0.105. The first-order chi connectivity index (χ1) is 6.61. The van der Waals surface area contributed by atoms with Crippen LogP contribution in [0.3, 0.4) is 0 Å². The van der Waals surface area contributed by atoms with Crippen LogP contribution in [-0.4, -0.2) is 29.1 Å². The van der Waals surface area contributed by atoms with Crippen LogP contribution in [0.1, 0.15) is 6.42 Å². The summed E-state index contributed by atoms with van der Waals surface area (Å²) in [5.74, 6) is -1.26. The number of rotatable bonds is 1. The molecule has 1 heterocycles. The van der Waals surface area contributed by atoms with Crippen LogP contribution in [0.4, 0.5) is 0 Å². The summed E-state index contributed by atoms with van der Waals surface area (Å²) >= 11 is 0.